The molecule has 6 nitrogen and oxygen atoms in total. The van der Waals surface area contributed by atoms with E-state index in [0.717, 1.165) is 12.8 Å². The van der Waals surface area contributed by atoms with E-state index in [-0.39, 0.29) is 16.0 Å². The number of aryl methyl sites for hydroxylation is 1. The first-order valence-corrected chi connectivity index (χ1v) is 8.97. The quantitative estimate of drug-likeness (QED) is 0.931. The summed E-state index contributed by atoms with van der Waals surface area (Å²) in [7, 11) is -3.67. The first kappa shape index (κ1) is 15.5. The van der Waals surface area contributed by atoms with E-state index in [1.165, 1.54) is 10.4 Å². The van der Waals surface area contributed by atoms with Gasteiger partial charge in [0.15, 0.2) is 5.82 Å². The van der Waals surface area contributed by atoms with Gasteiger partial charge in [-0.25, -0.2) is 13.4 Å². The van der Waals surface area contributed by atoms with Crippen LogP contribution >= 0.6 is 11.6 Å². The lowest BCUT2D eigenvalue weighted by molar-refractivity contribution is 0.247. The number of aromatic amines is 1. The highest BCUT2D eigenvalue weighted by atomic mass is 35.5. The summed E-state index contributed by atoms with van der Waals surface area (Å²) in [6.07, 6.45) is 2.48. The lowest BCUT2D eigenvalue weighted by Gasteiger charge is -2.33. The molecule has 0 amide bonds. The second-order valence-corrected chi connectivity index (χ2v) is 7.60. The van der Waals surface area contributed by atoms with Gasteiger partial charge in [-0.3, -0.25) is 5.10 Å². The van der Waals surface area contributed by atoms with Gasteiger partial charge in [0.1, 0.15) is 10.7 Å². The molecule has 1 aliphatic rings. The molecule has 8 heteroatoms. The van der Waals surface area contributed by atoms with Gasteiger partial charge in [-0.1, -0.05) is 30.2 Å². The zero-order valence-corrected chi connectivity index (χ0v) is 13.7. The summed E-state index contributed by atoms with van der Waals surface area (Å²) in [4.78, 5) is 4.44. The number of rotatable bonds is 3. The summed E-state index contributed by atoms with van der Waals surface area (Å²) in [6.45, 7) is 2.25. The fourth-order valence-corrected chi connectivity index (χ4v) is 4.89. The predicted octanol–water partition coefficient (Wildman–Crippen LogP) is 2.68. The highest BCUT2D eigenvalue weighted by Crippen LogP contribution is 2.35. The van der Waals surface area contributed by atoms with E-state index in [9.17, 15) is 8.42 Å². The molecule has 0 unspecified atom stereocenters. The second kappa shape index (κ2) is 5.98. The smallest absolute Gasteiger partial charge is 0.245 e. The van der Waals surface area contributed by atoms with Gasteiger partial charge in [-0.15, -0.1) is 0 Å². The van der Waals surface area contributed by atoms with E-state index >= 15 is 0 Å². The van der Waals surface area contributed by atoms with E-state index in [0.29, 0.717) is 24.6 Å². The topological polar surface area (TPSA) is 79.0 Å². The van der Waals surface area contributed by atoms with Crippen molar-refractivity contribution < 1.29 is 8.42 Å². The first-order valence-electron chi connectivity index (χ1n) is 7.15. The van der Waals surface area contributed by atoms with Gasteiger partial charge in [0.05, 0.1) is 11.1 Å². The molecule has 1 aromatic carbocycles. The third kappa shape index (κ3) is 2.76. The maximum atomic E-state index is 13.0. The van der Waals surface area contributed by atoms with Crippen molar-refractivity contribution >= 4 is 21.6 Å². The molecule has 1 atom stereocenters. The first-order chi connectivity index (χ1) is 10.5. The van der Waals surface area contributed by atoms with Crippen molar-refractivity contribution in [1.29, 1.82) is 0 Å². The van der Waals surface area contributed by atoms with E-state index < -0.39 is 10.0 Å². The summed E-state index contributed by atoms with van der Waals surface area (Å²) < 4.78 is 27.4. The number of nitrogens with zero attached hydrogens (tertiary/aromatic N) is 3. The Balaban J connectivity index is 2.02. The fraction of sp³-hybridized carbons (Fsp3) is 0.429. The largest absolute Gasteiger partial charge is 0.263 e. The van der Waals surface area contributed by atoms with Crippen LogP contribution in [0.2, 0.25) is 5.02 Å². The third-order valence-corrected chi connectivity index (χ3v) is 6.20. The molecule has 2 aromatic rings. The number of halogens is 1. The second-order valence-electron chi connectivity index (χ2n) is 5.34. The van der Waals surface area contributed by atoms with E-state index in [4.69, 9.17) is 11.6 Å². The minimum atomic E-state index is -3.67. The molecule has 3 rings (SSSR count). The van der Waals surface area contributed by atoms with Crippen molar-refractivity contribution in [2.45, 2.75) is 37.1 Å². The van der Waals surface area contributed by atoms with Crippen LogP contribution in [0.5, 0.6) is 0 Å². The van der Waals surface area contributed by atoms with Crippen LogP contribution in [-0.4, -0.2) is 34.4 Å². The number of aromatic nitrogens is 3. The Kier molecular flexibility index (Phi) is 4.20. The summed E-state index contributed by atoms with van der Waals surface area (Å²) in [5.74, 6) is 1.20. The number of benzene rings is 1. The Morgan fingerprint density at radius 3 is 2.77 bits per heavy atom. The SMILES string of the molecule is Cc1nc([C@@H]2CCCCN2S(=O)(=O)c2ccccc2Cl)n[nH]1. The van der Waals surface area contributed by atoms with Crippen LogP contribution in [0, 0.1) is 6.92 Å². The molecule has 1 N–H and O–H groups in total. The van der Waals surface area contributed by atoms with Crippen LogP contribution < -0.4 is 0 Å². The zero-order valence-electron chi connectivity index (χ0n) is 12.2. The standard InChI is InChI=1S/C14H17ClN4O2S/c1-10-16-14(18-17-10)12-7-4-5-9-19(12)22(20,21)13-8-3-2-6-11(13)15/h2-3,6,8,12H,4-5,7,9H2,1H3,(H,16,17,18)/t12-/m0/s1. The van der Waals surface area contributed by atoms with Crippen molar-refractivity contribution in [1.82, 2.24) is 19.5 Å². The average Bonchev–Trinajstić information content (AvgIpc) is 2.94. The molecule has 0 aliphatic carbocycles. The molecule has 1 aromatic heterocycles. The van der Waals surface area contributed by atoms with Crippen LogP contribution in [0.1, 0.15) is 37.0 Å². The predicted molar refractivity (Wildman–Crippen MR) is 83.1 cm³/mol. The number of nitrogens with one attached hydrogen (secondary N) is 1. The van der Waals surface area contributed by atoms with Gasteiger partial charge in [-0.05, 0) is 31.9 Å². The van der Waals surface area contributed by atoms with Crippen molar-refractivity contribution in [3.8, 4) is 0 Å². The van der Waals surface area contributed by atoms with Gasteiger partial charge >= 0.3 is 0 Å². The van der Waals surface area contributed by atoms with Crippen molar-refractivity contribution in [3.63, 3.8) is 0 Å². The molecule has 1 aliphatic heterocycles. The van der Waals surface area contributed by atoms with Crippen LogP contribution in [-0.2, 0) is 10.0 Å². The summed E-state index contributed by atoms with van der Waals surface area (Å²) in [6, 6.07) is 6.17. The lowest BCUT2D eigenvalue weighted by Crippen LogP contribution is -2.39. The van der Waals surface area contributed by atoms with Crippen LogP contribution in [0.3, 0.4) is 0 Å². The van der Waals surface area contributed by atoms with Crippen LogP contribution in [0.4, 0.5) is 0 Å². The highest BCUT2D eigenvalue weighted by molar-refractivity contribution is 7.89. The number of hydrogen-bond acceptors (Lipinski definition) is 4. The molecular formula is C14H17ClN4O2S. The molecule has 0 radical (unpaired) electrons. The summed E-state index contributed by atoms with van der Waals surface area (Å²) in [5, 5.41) is 7.16. The van der Waals surface area contributed by atoms with Crippen LogP contribution in [0.15, 0.2) is 29.2 Å². The lowest BCUT2D eigenvalue weighted by atomic mass is 10.0. The average molecular weight is 341 g/mol. The Morgan fingerprint density at radius 2 is 2.09 bits per heavy atom. The van der Waals surface area contributed by atoms with Gasteiger partial charge in [0, 0.05) is 6.54 Å². The van der Waals surface area contributed by atoms with E-state index in [1.807, 2.05) is 0 Å². The maximum Gasteiger partial charge on any atom is 0.245 e. The third-order valence-electron chi connectivity index (χ3n) is 3.79. The van der Waals surface area contributed by atoms with E-state index in [1.54, 1.807) is 25.1 Å². The monoisotopic (exact) mass is 340 g/mol. The fourth-order valence-electron chi connectivity index (χ4n) is 2.74. The number of H-pyrrole nitrogens is 1. The Hall–Kier alpha value is -1.44. The minimum absolute atomic E-state index is 0.135. The van der Waals surface area contributed by atoms with Gasteiger partial charge in [0.2, 0.25) is 10.0 Å². The van der Waals surface area contributed by atoms with Crippen molar-refractivity contribution in [2.24, 2.45) is 0 Å². The summed E-state index contributed by atoms with van der Waals surface area (Å²) in [5.41, 5.74) is 0. The number of piperidine rings is 1. The zero-order chi connectivity index (χ0) is 15.7. The minimum Gasteiger partial charge on any atom is -0.263 e. The van der Waals surface area contributed by atoms with Crippen molar-refractivity contribution in [3.05, 3.63) is 40.9 Å². The molecule has 118 valence electrons. The number of hydrogen-bond donors (Lipinski definition) is 1. The number of sulfonamides is 1. The molecule has 0 saturated carbocycles. The molecule has 22 heavy (non-hydrogen) atoms. The van der Waals surface area contributed by atoms with Gasteiger partial charge < -0.3 is 0 Å². The maximum absolute atomic E-state index is 13.0. The summed E-state index contributed by atoms with van der Waals surface area (Å²) >= 11 is 6.08. The Morgan fingerprint density at radius 1 is 1.32 bits per heavy atom. The normalized spacial score (nSPS) is 20.2. The van der Waals surface area contributed by atoms with Gasteiger partial charge in [-0.2, -0.15) is 9.40 Å². The molecule has 0 bridgehead atoms. The Bertz CT molecular complexity index is 775. The molecule has 1 fully saturated rings. The molecule has 1 saturated heterocycles. The van der Waals surface area contributed by atoms with Gasteiger partial charge in [0.25, 0.3) is 0 Å². The molecular weight excluding hydrogens is 324 g/mol. The molecule has 2 heterocycles. The molecule has 0 spiro atoms. The van der Waals surface area contributed by atoms with Crippen molar-refractivity contribution in [2.75, 3.05) is 6.54 Å². The highest BCUT2D eigenvalue weighted by Gasteiger charge is 2.37. The van der Waals surface area contributed by atoms with Crippen LogP contribution in [0.25, 0.3) is 0 Å². The van der Waals surface area contributed by atoms with E-state index in [2.05, 4.69) is 15.2 Å². The Labute approximate surface area is 134 Å².